The first kappa shape index (κ1) is 24.4. The average molecular weight is 503 g/mol. The molecule has 5 nitrogen and oxygen atoms in total. The Bertz CT molecular complexity index is 1360. The number of carbonyl (C=O) groups excluding carboxylic acids is 1. The van der Waals surface area contributed by atoms with E-state index in [2.05, 4.69) is 10.4 Å². The predicted octanol–water partition coefficient (Wildman–Crippen LogP) is 6.07. The number of nitrogens with zero attached hydrogens (tertiary/aromatic N) is 2. The number of nitrogens with two attached hydrogens (primary N) is 1. The van der Waals surface area contributed by atoms with E-state index in [0.717, 1.165) is 10.2 Å². The van der Waals surface area contributed by atoms with Crippen LogP contribution in [-0.4, -0.2) is 15.7 Å². The predicted molar refractivity (Wildman–Crippen MR) is 125 cm³/mol. The van der Waals surface area contributed by atoms with Gasteiger partial charge in [-0.05, 0) is 41.0 Å². The van der Waals surface area contributed by atoms with Crippen molar-refractivity contribution in [2.75, 3.05) is 5.32 Å². The molecule has 0 saturated heterocycles. The van der Waals surface area contributed by atoms with Crippen LogP contribution < -0.4 is 11.1 Å². The lowest BCUT2D eigenvalue weighted by Gasteiger charge is -2.13. The van der Waals surface area contributed by atoms with Crippen LogP contribution in [0.1, 0.15) is 38.2 Å². The first-order valence-electron chi connectivity index (χ1n) is 10.4. The second-order valence-corrected chi connectivity index (χ2v) is 8.10. The van der Waals surface area contributed by atoms with Crippen LogP contribution in [0.5, 0.6) is 0 Å². The zero-order chi connectivity index (χ0) is 25.2. The maximum absolute atomic E-state index is 14.8. The van der Waals surface area contributed by atoms with Gasteiger partial charge in [-0.2, -0.15) is 18.3 Å². The van der Waals surface area contributed by atoms with Gasteiger partial charge in [0, 0.05) is 12.6 Å². The van der Waals surface area contributed by atoms with Gasteiger partial charge in [-0.1, -0.05) is 48.5 Å². The van der Waals surface area contributed by atoms with Gasteiger partial charge in [-0.25, -0.2) is 9.07 Å². The summed E-state index contributed by atoms with van der Waals surface area (Å²) in [5.74, 6) is -1.76. The van der Waals surface area contributed by atoms with E-state index >= 15 is 0 Å². The molecule has 0 aliphatic rings. The first-order valence-corrected chi connectivity index (χ1v) is 10.9. The van der Waals surface area contributed by atoms with Gasteiger partial charge in [-0.15, -0.1) is 11.6 Å². The Hall–Kier alpha value is -3.69. The fourth-order valence-corrected chi connectivity index (χ4v) is 3.77. The number of alkyl halides is 4. The van der Waals surface area contributed by atoms with Crippen LogP contribution in [0.25, 0.3) is 5.69 Å². The normalized spacial score (nSPS) is 12.4. The third-order valence-corrected chi connectivity index (χ3v) is 5.75. The van der Waals surface area contributed by atoms with Crippen LogP contribution in [0.15, 0.2) is 78.9 Å². The fourth-order valence-electron chi connectivity index (χ4n) is 3.48. The fraction of sp³-hybridized carbons (Fsp3) is 0.120. The van der Waals surface area contributed by atoms with Crippen molar-refractivity contribution in [1.82, 2.24) is 9.78 Å². The molecule has 1 unspecified atom stereocenters. The Morgan fingerprint density at radius 2 is 1.74 bits per heavy atom. The third-order valence-electron chi connectivity index (χ3n) is 5.25. The molecule has 0 fully saturated rings. The van der Waals surface area contributed by atoms with E-state index in [1.54, 1.807) is 36.4 Å². The smallest absolute Gasteiger partial charge is 0.326 e. The SMILES string of the molecule is NCc1cccc(-n2nc(C(F)(F)F)cc2C(=O)Nc2ccc(C(Cl)c3ccccc3)cc2F)c1. The van der Waals surface area contributed by atoms with Crippen molar-refractivity contribution < 1.29 is 22.4 Å². The molecule has 180 valence electrons. The highest BCUT2D eigenvalue weighted by atomic mass is 35.5. The molecule has 1 heterocycles. The van der Waals surface area contributed by atoms with Gasteiger partial charge >= 0.3 is 6.18 Å². The standard InChI is InChI=1S/C25H19ClF4N4O/c26-23(16-6-2-1-3-7-16)17-9-10-20(19(27)12-17)32-24(35)21-13-22(25(28,29)30)33-34(21)18-8-4-5-15(11-18)14-31/h1-13,23H,14,31H2,(H,32,35). The summed E-state index contributed by atoms with van der Waals surface area (Å²) >= 11 is 6.44. The summed E-state index contributed by atoms with van der Waals surface area (Å²) < 4.78 is 55.8. The minimum absolute atomic E-state index is 0.144. The molecule has 0 aliphatic heterocycles. The maximum Gasteiger partial charge on any atom is 0.435 e. The summed E-state index contributed by atoms with van der Waals surface area (Å²) in [5, 5.41) is 5.26. The third kappa shape index (κ3) is 5.36. The molecule has 0 saturated carbocycles. The number of amides is 1. The number of anilines is 1. The van der Waals surface area contributed by atoms with Crippen molar-refractivity contribution in [3.05, 3.63) is 113 Å². The van der Waals surface area contributed by atoms with Crippen molar-refractivity contribution in [3.8, 4) is 5.69 Å². The number of hydrogen-bond acceptors (Lipinski definition) is 3. The molecule has 0 radical (unpaired) electrons. The summed E-state index contributed by atoms with van der Waals surface area (Å²) in [6.45, 7) is 0.144. The van der Waals surface area contributed by atoms with E-state index in [4.69, 9.17) is 17.3 Å². The molecule has 0 spiro atoms. The largest absolute Gasteiger partial charge is 0.435 e. The van der Waals surface area contributed by atoms with Crippen molar-refractivity contribution in [2.45, 2.75) is 18.1 Å². The maximum atomic E-state index is 14.8. The second kappa shape index (κ2) is 9.89. The number of halogens is 5. The second-order valence-electron chi connectivity index (χ2n) is 7.67. The molecule has 1 atom stereocenters. The average Bonchev–Trinajstić information content (AvgIpc) is 3.32. The molecule has 1 aromatic heterocycles. The van der Waals surface area contributed by atoms with Gasteiger partial charge in [0.1, 0.15) is 11.5 Å². The highest BCUT2D eigenvalue weighted by Crippen LogP contribution is 2.32. The summed E-state index contributed by atoms with van der Waals surface area (Å²) in [7, 11) is 0. The first-order chi connectivity index (χ1) is 16.7. The molecular formula is C25H19ClF4N4O. The molecule has 1 amide bonds. The van der Waals surface area contributed by atoms with Gasteiger partial charge in [0.25, 0.3) is 5.91 Å². The lowest BCUT2D eigenvalue weighted by Crippen LogP contribution is -2.18. The van der Waals surface area contributed by atoms with E-state index in [1.807, 2.05) is 6.07 Å². The Balaban J connectivity index is 1.65. The number of carbonyl (C=O) groups is 1. The van der Waals surface area contributed by atoms with Gasteiger partial charge < -0.3 is 11.1 Å². The highest BCUT2D eigenvalue weighted by molar-refractivity contribution is 6.22. The molecule has 35 heavy (non-hydrogen) atoms. The summed E-state index contributed by atoms with van der Waals surface area (Å²) in [4.78, 5) is 12.9. The topological polar surface area (TPSA) is 72.9 Å². The van der Waals surface area contributed by atoms with E-state index in [1.165, 1.54) is 30.3 Å². The Morgan fingerprint density at radius 3 is 2.40 bits per heavy atom. The summed E-state index contributed by atoms with van der Waals surface area (Å²) in [5.41, 5.74) is 5.77. The van der Waals surface area contributed by atoms with Crippen molar-refractivity contribution in [1.29, 1.82) is 0 Å². The van der Waals surface area contributed by atoms with E-state index in [-0.39, 0.29) is 17.9 Å². The monoisotopic (exact) mass is 502 g/mol. The molecule has 3 N–H and O–H groups in total. The zero-order valence-corrected chi connectivity index (χ0v) is 18.8. The molecule has 4 aromatic rings. The van der Waals surface area contributed by atoms with Crippen molar-refractivity contribution in [3.63, 3.8) is 0 Å². The summed E-state index contributed by atoms with van der Waals surface area (Å²) in [6, 6.07) is 19.9. The van der Waals surface area contributed by atoms with Gasteiger partial charge in [0.05, 0.1) is 16.8 Å². The van der Waals surface area contributed by atoms with Crippen LogP contribution in [0.3, 0.4) is 0 Å². The molecule has 0 aliphatic carbocycles. The van der Waals surface area contributed by atoms with E-state index in [0.29, 0.717) is 17.2 Å². The number of aromatic nitrogens is 2. The van der Waals surface area contributed by atoms with Crippen LogP contribution in [0.2, 0.25) is 0 Å². The van der Waals surface area contributed by atoms with Crippen LogP contribution in [0, 0.1) is 5.82 Å². The zero-order valence-electron chi connectivity index (χ0n) is 18.1. The molecule has 0 bridgehead atoms. The lowest BCUT2D eigenvalue weighted by atomic mass is 10.0. The highest BCUT2D eigenvalue weighted by Gasteiger charge is 2.36. The number of benzene rings is 3. The summed E-state index contributed by atoms with van der Waals surface area (Å²) in [6.07, 6.45) is -4.79. The minimum atomic E-state index is -4.79. The number of nitrogens with one attached hydrogen (secondary N) is 1. The quantitative estimate of drug-likeness (QED) is 0.248. The Labute approximate surface area is 203 Å². The number of rotatable bonds is 6. The van der Waals surface area contributed by atoms with Gasteiger partial charge in [0.2, 0.25) is 0 Å². The van der Waals surface area contributed by atoms with Crippen LogP contribution >= 0.6 is 11.6 Å². The van der Waals surface area contributed by atoms with E-state index < -0.39 is 34.7 Å². The minimum Gasteiger partial charge on any atom is -0.326 e. The van der Waals surface area contributed by atoms with Crippen LogP contribution in [-0.2, 0) is 12.7 Å². The van der Waals surface area contributed by atoms with Crippen LogP contribution in [0.4, 0.5) is 23.2 Å². The Morgan fingerprint density at radius 1 is 1.00 bits per heavy atom. The Kier molecular flexibility index (Phi) is 6.90. The molecule has 4 rings (SSSR count). The van der Waals surface area contributed by atoms with Crippen molar-refractivity contribution >= 4 is 23.2 Å². The lowest BCUT2D eigenvalue weighted by molar-refractivity contribution is -0.141. The molecular weight excluding hydrogens is 484 g/mol. The number of hydrogen-bond donors (Lipinski definition) is 2. The van der Waals surface area contributed by atoms with Gasteiger partial charge in [-0.3, -0.25) is 4.79 Å². The molecule has 3 aromatic carbocycles. The van der Waals surface area contributed by atoms with Crippen molar-refractivity contribution in [2.24, 2.45) is 5.73 Å². The molecule has 10 heteroatoms. The van der Waals surface area contributed by atoms with Gasteiger partial charge in [0.15, 0.2) is 5.69 Å². The van der Waals surface area contributed by atoms with E-state index in [9.17, 15) is 22.4 Å².